The third-order valence-corrected chi connectivity index (χ3v) is 2.85. The number of nitrogens with zero attached hydrogens (tertiary/aromatic N) is 2. The summed E-state index contributed by atoms with van der Waals surface area (Å²) in [5.74, 6) is -0.318. The topological polar surface area (TPSA) is 64.0 Å². The highest BCUT2D eigenvalue weighted by Gasteiger charge is 2.09. The maximum atomic E-state index is 12.1. The lowest BCUT2D eigenvalue weighted by Crippen LogP contribution is -2.26. The zero-order chi connectivity index (χ0) is 14.4. The van der Waals surface area contributed by atoms with Crippen molar-refractivity contribution in [2.24, 2.45) is 0 Å². The fraction of sp³-hybridized carbons (Fsp3) is 0.267. The van der Waals surface area contributed by atoms with Crippen molar-refractivity contribution in [3.8, 4) is 0 Å². The first kappa shape index (κ1) is 14.0. The first-order chi connectivity index (χ1) is 9.70. The van der Waals surface area contributed by atoms with E-state index in [0.29, 0.717) is 12.2 Å². The molecule has 1 aromatic heterocycles. The zero-order valence-electron chi connectivity index (χ0n) is 11.4. The van der Waals surface area contributed by atoms with Gasteiger partial charge in [0.05, 0.1) is 0 Å². The second-order valence-electron chi connectivity index (χ2n) is 4.45. The Hall–Kier alpha value is -2.43. The van der Waals surface area contributed by atoms with Crippen LogP contribution in [0.3, 0.4) is 0 Å². The minimum absolute atomic E-state index is 0.185. The Morgan fingerprint density at radius 3 is 2.65 bits per heavy atom. The molecule has 1 aromatic carbocycles. The summed E-state index contributed by atoms with van der Waals surface area (Å²) in [6.45, 7) is 2.57. The molecule has 0 saturated heterocycles. The number of anilines is 1. The van der Waals surface area contributed by atoms with Crippen molar-refractivity contribution in [2.75, 3.05) is 5.32 Å². The van der Waals surface area contributed by atoms with Crippen LogP contribution in [-0.2, 0) is 6.54 Å². The van der Waals surface area contributed by atoms with Crippen LogP contribution in [0.1, 0.15) is 30.3 Å². The molecular weight excluding hydrogens is 254 g/mol. The second kappa shape index (κ2) is 6.65. The monoisotopic (exact) mass is 271 g/mol. The smallest absolute Gasteiger partial charge is 0.276 e. The molecule has 2 aromatic rings. The first-order valence-corrected chi connectivity index (χ1v) is 6.65. The van der Waals surface area contributed by atoms with E-state index < -0.39 is 0 Å². The Kier molecular flexibility index (Phi) is 4.65. The van der Waals surface area contributed by atoms with Gasteiger partial charge in [0.1, 0.15) is 5.69 Å². The van der Waals surface area contributed by atoms with Gasteiger partial charge in [-0.15, -0.1) is 0 Å². The maximum absolute atomic E-state index is 12.1. The second-order valence-corrected chi connectivity index (χ2v) is 4.45. The van der Waals surface area contributed by atoms with Crippen molar-refractivity contribution in [3.63, 3.8) is 0 Å². The number of unbranched alkanes of at least 4 members (excludes halogenated alkanes) is 1. The number of benzene rings is 1. The molecule has 104 valence electrons. The van der Waals surface area contributed by atoms with Gasteiger partial charge in [0.25, 0.3) is 11.5 Å². The number of aryl methyl sites for hydroxylation is 1. The number of carbonyl (C=O) groups excluding carboxylic acids is 1. The van der Waals surface area contributed by atoms with Gasteiger partial charge < -0.3 is 5.32 Å². The highest BCUT2D eigenvalue weighted by molar-refractivity contribution is 6.02. The molecule has 0 spiro atoms. The van der Waals surface area contributed by atoms with Crippen molar-refractivity contribution < 1.29 is 4.79 Å². The summed E-state index contributed by atoms with van der Waals surface area (Å²) in [7, 11) is 0. The summed E-state index contributed by atoms with van der Waals surface area (Å²) < 4.78 is 1.34. The predicted molar refractivity (Wildman–Crippen MR) is 77.8 cm³/mol. The van der Waals surface area contributed by atoms with Gasteiger partial charge >= 0.3 is 0 Å². The molecule has 1 N–H and O–H groups in total. The van der Waals surface area contributed by atoms with E-state index in [9.17, 15) is 9.59 Å². The highest BCUT2D eigenvalue weighted by Crippen LogP contribution is 2.06. The van der Waals surface area contributed by atoms with Gasteiger partial charge in [0, 0.05) is 18.3 Å². The Bertz CT molecular complexity index is 635. The average molecular weight is 271 g/mol. The van der Waals surface area contributed by atoms with Crippen molar-refractivity contribution >= 4 is 11.6 Å². The molecule has 0 unspecified atom stereocenters. The molecule has 0 atom stereocenters. The molecule has 0 bridgehead atoms. The van der Waals surface area contributed by atoms with Gasteiger partial charge in [-0.25, -0.2) is 4.68 Å². The summed E-state index contributed by atoms with van der Waals surface area (Å²) in [5, 5.41) is 6.84. The highest BCUT2D eigenvalue weighted by atomic mass is 16.2. The number of hydrogen-bond acceptors (Lipinski definition) is 3. The molecule has 5 nitrogen and oxygen atoms in total. The number of para-hydroxylation sites is 1. The van der Waals surface area contributed by atoms with Crippen LogP contribution < -0.4 is 10.9 Å². The van der Waals surface area contributed by atoms with Gasteiger partial charge in [-0.3, -0.25) is 9.59 Å². The molecule has 0 radical (unpaired) electrons. The molecule has 2 rings (SSSR count). The van der Waals surface area contributed by atoms with Gasteiger partial charge in [-0.05, 0) is 24.6 Å². The lowest BCUT2D eigenvalue weighted by molar-refractivity contribution is 0.102. The van der Waals surface area contributed by atoms with Crippen LogP contribution >= 0.6 is 0 Å². The number of carbonyl (C=O) groups is 1. The SMILES string of the molecule is CCCCn1nc(C(=O)Nc2ccccc2)ccc1=O. The van der Waals surface area contributed by atoms with Gasteiger partial charge in [-0.2, -0.15) is 5.10 Å². The number of rotatable bonds is 5. The fourth-order valence-corrected chi connectivity index (χ4v) is 1.75. The molecule has 5 heteroatoms. The van der Waals surface area contributed by atoms with E-state index in [1.807, 2.05) is 25.1 Å². The maximum Gasteiger partial charge on any atom is 0.276 e. The number of amides is 1. The van der Waals surface area contributed by atoms with Crippen LogP contribution in [0.5, 0.6) is 0 Å². The minimum Gasteiger partial charge on any atom is -0.321 e. The quantitative estimate of drug-likeness (QED) is 0.907. The summed E-state index contributed by atoms with van der Waals surface area (Å²) >= 11 is 0. The lowest BCUT2D eigenvalue weighted by atomic mass is 10.3. The van der Waals surface area contributed by atoms with Crippen molar-refractivity contribution in [3.05, 3.63) is 58.5 Å². The summed E-state index contributed by atoms with van der Waals surface area (Å²) in [5.41, 5.74) is 0.755. The summed E-state index contributed by atoms with van der Waals surface area (Å²) in [6.07, 6.45) is 1.82. The Balaban J connectivity index is 2.16. The number of aromatic nitrogens is 2. The van der Waals surface area contributed by atoms with Gasteiger partial charge in [0.15, 0.2) is 0 Å². The van der Waals surface area contributed by atoms with E-state index in [2.05, 4.69) is 10.4 Å². The van der Waals surface area contributed by atoms with Crippen LogP contribution in [0.25, 0.3) is 0 Å². The van der Waals surface area contributed by atoms with Crippen molar-refractivity contribution in [1.29, 1.82) is 0 Å². The first-order valence-electron chi connectivity index (χ1n) is 6.65. The third kappa shape index (κ3) is 3.54. The molecule has 0 fully saturated rings. The normalized spacial score (nSPS) is 10.2. The molecule has 1 amide bonds. The van der Waals surface area contributed by atoms with E-state index in [-0.39, 0.29) is 17.2 Å². The predicted octanol–water partition coefficient (Wildman–Crippen LogP) is 2.30. The van der Waals surface area contributed by atoms with E-state index >= 15 is 0 Å². The van der Waals surface area contributed by atoms with E-state index in [1.54, 1.807) is 12.1 Å². The van der Waals surface area contributed by atoms with E-state index in [0.717, 1.165) is 12.8 Å². The minimum atomic E-state index is -0.318. The van der Waals surface area contributed by atoms with Crippen LogP contribution in [0.2, 0.25) is 0 Å². The standard InChI is InChI=1S/C15H17N3O2/c1-2-3-11-18-14(19)10-9-13(17-18)15(20)16-12-7-5-4-6-8-12/h4-10H,2-3,11H2,1H3,(H,16,20). The van der Waals surface area contributed by atoms with Crippen molar-refractivity contribution in [2.45, 2.75) is 26.3 Å². The van der Waals surface area contributed by atoms with Crippen LogP contribution in [0.4, 0.5) is 5.69 Å². The summed E-state index contributed by atoms with van der Waals surface area (Å²) in [4.78, 5) is 23.7. The van der Waals surface area contributed by atoms with E-state index in [1.165, 1.54) is 16.8 Å². The third-order valence-electron chi connectivity index (χ3n) is 2.85. The molecule has 0 aliphatic carbocycles. The average Bonchev–Trinajstić information content (AvgIpc) is 2.47. The van der Waals surface area contributed by atoms with Crippen molar-refractivity contribution in [1.82, 2.24) is 9.78 Å². The Morgan fingerprint density at radius 2 is 1.95 bits per heavy atom. The lowest BCUT2D eigenvalue weighted by Gasteiger charge is -2.07. The van der Waals surface area contributed by atoms with E-state index in [4.69, 9.17) is 0 Å². The zero-order valence-corrected chi connectivity index (χ0v) is 11.4. The van der Waals surface area contributed by atoms with Crippen LogP contribution in [0.15, 0.2) is 47.3 Å². The molecule has 20 heavy (non-hydrogen) atoms. The fourth-order valence-electron chi connectivity index (χ4n) is 1.75. The molecule has 0 aliphatic heterocycles. The number of hydrogen-bond donors (Lipinski definition) is 1. The van der Waals surface area contributed by atoms with Gasteiger partial charge in [0.2, 0.25) is 0 Å². The summed E-state index contributed by atoms with van der Waals surface area (Å²) in [6, 6.07) is 12.0. The Morgan fingerprint density at radius 1 is 1.20 bits per heavy atom. The molecule has 0 aliphatic rings. The van der Waals surface area contributed by atoms with Crippen LogP contribution in [-0.4, -0.2) is 15.7 Å². The molecular formula is C15H17N3O2. The number of nitrogens with one attached hydrogen (secondary N) is 1. The molecule has 0 saturated carbocycles. The Labute approximate surface area is 117 Å². The van der Waals surface area contributed by atoms with Gasteiger partial charge in [-0.1, -0.05) is 31.5 Å². The van der Waals surface area contributed by atoms with Crippen LogP contribution in [0, 0.1) is 0 Å². The largest absolute Gasteiger partial charge is 0.321 e. The molecule has 1 heterocycles.